The third-order valence-electron chi connectivity index (χ3n) is 3.85. The fourth-order valence-electron chi connectivity index (χ4n) is 2.27. The Bertz CT molecular complexity index is 501. The molecule has 0 spiro atoms. The lowest BCUT2D eigenvalue weighted by molar-refractivity contribution is 0.0311. The molecule has 5 heteroatoms. The minimum Gasteiger partial charge on any atom is -0.398 e. The SMILES string of the molecule is CN1CCN(C(=O)c2ccc(Cl)c(N)c2)CC1(C)C. The Kier molecular flexibility index (Phi) is 3.74. The fraction of sp³-hybridized carbons (Fsp3) is 0.500. The number of nitrogens with zero attached hydrogens (tertiary/aromatic N) is 2. The predicted molar refractivity (Wildman–Crippen MR) is 78.5 cm³/mol. The van der Waals surface area contributed by atoms with Gasteiger partial charge in [-0.1, -0.05) is 11.6 Å². The van der Waals surface area contributed by atoms with E-state index < -0.39 is 0 Å². The van der Waals surface area contributed by atoms with Crippen molar-refractivity contribution in [1.82, 2.24) is 9.80 Å². The van der Waals surface area contributed by atoms with E-state index in [1.807, 2.05) is 4.90 Å². The largest absolute Gasteiger partial charge is 0.398 e. The van der Waals surface area contributed by atoms with Crippen molar-refractivity contribution in [3.8, 4) is 0 Å². The highest BCUT2D eigenvalue weighted by Gasteiger charge is 2.33. The number of piperazine rings is 1. The summed E-state index contributed by atoms with van der Waals surface area (Å²) in [5.74, 6) is 0.0181. The first-order valence-electron chi connectivity index (χ1n) is 6.37. The fourth-order valence-corrected chi connectivity index (χ4v) is 2.39. The lowest BCUT2D eigenvalue weighted by Gasteiger charge is -2.45. The Hall–Kier alpha value is -1.26. The smallest absolute Gasteiger partial charge is 0.254 e. The van der Waals surface area contributed by atoms with Crippen molar-refractivity contribution in [3.05, 3.63) is 28.8 Å². The molecule has 0 unspecified atom stereocenters. The maximum Gasteiger partial charge on any atom is 0.254 e. The van der Waals surface area contributed by atoms with Crippen LogP contribution in [0.1, 0.15) is 24.2 Å². The molecule has 4 nitrogen and oxygen atoms in total. The van der Waals surface area contributed by atoms with Crippen LogP contribution in [0.2, 0.25) is 5.02 Å². The van der Waals surface area contributed by atoms with Gasteiger partial charge in [-0.2, -0.15) is 0 Å². The molecule has 0 radical (unpaired) electrons. The second-order valence-corrected chi connectivity index (χ2v) is 6.10. The van der Waals surface area contributed by atoms with Crippen LogP contribution in [-0.4, -0.2) is 47.9 Å². The maximum atomic E-state index is 12.5. The quantitative estimate of drug-likeness (QED) is 0.802. The van der Waals surface area contributed by atoms with Crippen LogP contribution in [0.3, 0.4) is 0 Å². The van der Waals surface area contributed by atoms with Gasteiger partial charge < -0.3 is 10.6 Å². The van der Waals surface area contributed by atoms with Crippen LogP contribution in [0.25, 0.3) is 0 Å². The van der Waals surface area contributed by atoms with Crippen LogP contribution in [0.5, 0.6) is 0 Å². The lowest BCUT2D eigenvalue weighted by Crippen LogP contribution is -2.58. The summed E-state index contributed by atoms with van der Waals surface area (Å²) in [5, 5.41) is 0.482. The Balaban J connectivity index is 2.18. The zero-order chi connectivity index (χ0) is 14.2. The number of nitrogen functional groups attached to an aromatic ring is 1. The van der Waals surface area contributed by atoms with Gasteiger partial charge >= 0.3 is 0 Å². The highest BCUT2D eigenvalue weighted by atomic mass is 35.5. The average Bonchev–Trinajstić information content (AvgIpc) is 2.35. The second-order valence-electron chi connectivity index (χ2n) is 5.70. The molecule has 1 aromatic carbocycles. The molecule has 1 aliphatic rings. The molecule has 1 saturated heterocycles. The van der Waals surface area contributed by atoms with Crippen molar-refractivity contribution in [2.24, 2.45) is 0 Å². The molecule has 1 aromatic rings. The zero-order valence-corrected chi connectivity index (χ0v) is 12.4. The topological polar surface area (TPSA) is 49.6 Å². The summed E-state index contributed by atoms with van der Waals surface area (Å²) >= 11 is 5.88. The zero-order valence-electron chi connectivity index (χ0n) is 11.6. The Morgan fingerprint density at radius 2 is 2.05 bits per heavy atom. The van der Waals surface area contributed by atoms with Gasteiger partial charge in [0.1, 0.15) is 0 Å². The summed E-state index contributed by atoms with van der Waals surface area (Å²) in [6.45, 7) is 6.61. The van der Waals surface area contributed by atoms with Crippen molar-refractivity contribution in [2.45, 2.75) is 19.4 Å². The average molecular weight is 282 g/mol. The Labute approximate surface area is 119 Å². The third kappa shape index (κ3) is 2.85. The van der Waals surface area contributed by atoms with E-state index in [9.17, 15) is 4.79 Å². The highest BCUT2D eigenvalue weighted by molar-refractivity contribution is 6.33. The summed E-state index contributed by atoms with van der Waals surface area (Å²) < 4.78 is 0. The molecule has 1 aliphatic heterocycles. The van der Waals surface area contributed by atoms with Crippen LogP contribution in [0, 0.1) is 0 Å². The standard InChI is InChI=1S/C14H20ClN3O/c1-14(2)9-18(7-6-17(14)3)13(19)10-4-5-11(15)12(16)8-10/h4-5,8H,6-7,9,16H2,1-3H3. The van der Waals surface area contributed by atoms with Crippen LogP contribution in [0.4, 0.5) is 5.69 Å². The van der Waals surface area contributed by atoms with Gasteiger partial charge in [0.25, 0.3) is 5.91 Å². The molecule has 0 aromatic heterocycles. The third-order valence-corrected chi connectivity index (χ3v) is 4.19. The first-order chi connectivity index (χ1) is 8.81. The van der Waals surface area contributed by atoms with E-state index in [1.54, 1.807) is 18.2 Å². The number of carbonyl (C=O) groups is 1. The van der Waals surface area contributed by atoms with E-state index in [0.29, 0.717) is 22.8 Å². The molecule has 1 heterocycles. The van der Waals surface area contributed by atoms with Crippen LogP contribution in [-0.2, 0) is 0 Å². The number of carbonyl (C=O) groups excluding carboxylic acids is 1. The van der Waals surface area contributed by atoms with Gasteiger partial charge in [0.05, 0.1) is 10.7 Å². The maximum absolute atomic E-state index is 12.5. The molecular weight excluding hydrogens is 262 g/mol. The molecule has 104 valence electrons. The Morgan fingerprint density at radius 1 is 1.37 bits per heavy atom. The lowest BCUT2D eigenvalue weighted by atomic mass is 9.99. The number of amides is 1. The van der Waals surface area contributed by atoms with Crippen LogP contribution in [0.15, 0.2) is 18.2 Å². The number of likely N-dealkylation sites (N-methyl/N-ethyl adjacent to an activating group) is 1. The monoisotopic (exact) mass is 281 g/mol. The number of hydrogen-bond acceptors (Lipinski definition) is 3. The first-order valence-corrected chi connectivity index (χ1v) is 6.74. The van der Waals surface area contributed by atoms with E-state index in [2.05, 4.69) is 25.8 Å². The minimum atomic E-state index is -0.00806. The molecule has 0 saturated carbocycles. The number of anilines is 1. The van der Waals surface area contributed by atoms with E-state index in [-0.39, 0.29) is 11.4 Å². The van der Waals surface area contributed by atoms with Gasteiger partial charge in [0.2, 0.25) is 0 Å². The minimum absolute atomic E-state index is 0.00806. The van der Waals surface area contributed by atoms with E-state index in [1.165, 1.54) is 0 Å². The number of hydrogen-bond donors (Lipinski definition) is 1. The first kappa shape index (κ1) is 14.2. The summed E-state index contributed by atoms with van der Waals surface area (Å²) in [6, 6.07) is 5.05. The predicted octanol–water partition coefficient (Wildman–Crippen LogP) is 2.09. The van der Waals surface area contributed by atoms with Gasteiger partial charge in [0.15, 0.2) is 0 Å². The van der Waals surface area contributed by atoms with E-state index in [0.717, 1.165) is 13.1 Å². The summed E-state index contributed by atoms with van der Waals surface area (Å²) in [5.41, 5.74) is 6.79. The van der Waals surface area contributed by atoms with Crippen molar-refractivity contribution in [2.75, 3.05) is 32.4 Å². The molecule has 1 fully saturated rings. The van der Waals surface area contributed by atoms with Gasteiger partial charge in [-0.05, 0) is 39.1 Å². The molecule has 0 atom stereocenters. The summed E-state index contributed by atoms with van der Waals surface area (Å²) in [4.78, 5) is 16.6. The van der Waals surface area contributed by atoms with Gasteiger partial charge in [-0.15, -0.1) is 0 Å². The highest BCUT2D eigenvalue weighted by Crippen LogP contribution is 2.23. The summed E-state index contributed by atoms with van der Waals surface area (Å²) in [6.07, 6.45) is 0. The van der Waals surface area contributed by atoms with Crippen molar-refractivity contribution in [1.29, 1.82) is 0 Å². The normalized spacial score (nSPS) is 19.5. The number of rotatable bonds is 1. The van der Waals surface area contributed by atoms with Crippen LogP contribution < -0.4 is 5.73 Å². The molecule has 19 heavy (non-hydrogen) atoms. The van der Waals surface area contributed by atoms with Crippen molar-refractivity contribution in [3.63, 3.8) is 0 Å². The van der Waals surface area contributed by atoms with Gasteiger partial charge in [0, 0.05) is 30.7 Å². The molecule has 2 N–H and O–H groups in total. The number of nitrogens with two attached hydrogens (primary N) is 1. The Morgan fingerprint density at radius 3 is 2.63 bits per heavy atom. The summed E-state index contributed by atoms with van der Waals surface area (Å²) in [7, 11) is 2.09. The molecular formula is C14H20ClN3O. The van der Waals surface area contributed by atoms with Gasteiger partial charge in [-0.3, -0.25) is 9.69 Å². The van der Waals surface area contributed by atoms with Gasteiger partial charge in [-0.25, -0.2) is 0 Å². The number of halogens is 1. The molecule has 1 amide bonds. The molecule has 2 rings (SSSR count). The second kappa shape index (κ2) is 5.02. The van der Waals surface area contributed by atoms with Crippen molar-refractivity contribution >= 4 is 23.2 Å². The van der Waals surface area contributed by atoms with Crippen LogP contribution >= 0.6 is 11.6 Å². The van der Waals surface area contributed by atoms with E-state index >= 15 is 0 Å². The number of benzene rings is 1. The van der Waals surface area contributed by atoms with Crippen molar-refractivity contribution < 1.29 is 4.79 Å². The molecule has 0 bridgehead atoms. The molecule has 0 aliphatic carbocycles. The van der Waals surface area contributed by atoms with E-state index in [4.69, 9.17) is 17.3 Å².